The second-order valence-electron chi connectivity index (χ2n) is 6.35. The van der Waals surface area contributed by atoms with Crippen LogP contribution in [0.5, 0.6) is 5.75 Å². The zero-order valence-corrected chi connectivity index (χ0v) is 16.9. The molecule has 158 valence electrons. The van der Waals surface area contributed by atoms with Crippen LogP contribution in [0.25, 0.3) is 0 Å². The smallest absolute Gasteiger partial charge is 0.306 e. The number of hydrogen-bond acceptors (Lipinski definition) is 6. The van der Waals surface area contributed by atoms with E-state index in [1.807, 2.05) is 6.92 Å². The molecule has 8 heteroatoms. The SMILES string of the molecule is CCOc1ccc(NC(=O)CCC(=O)OCC(=O)Nc2ccc(C(C)=O)cc2)cc1. The molecule has 30 heavy (non-hydrogen) atoms. The van der Waals surface area contributed by atoms with Gasteiger partial charge in [0.05, 0.1) is 13.0 Å². The molecule has 0 aliphatic carbocycles. The number of nitrogens with one attached hydrogen (secondary N) is 2. The highest BCUT2D eigenvalue weighted by molar-refractivity contribution is 5.96. The number of esters is 1. The molecule has 8 nitrogen and oxygen atoms in total. The number of rotatable bonds is 10. The van der Waals surface area contributed by atoms with Crippen molar-refractivity contribution in [1.82, 2.24) is 0 Å². The Hall–Kier alpha value is -3.68. The maximum atomic E-state index is 11.9. The molecule has 2 amide bonds. The normalized spacial score (nSPS) is 10.1. The van der Waals surface area contributed by atoms with Gasteiger partial charge in [-0.25, -0.2) is 0 Å². The van der Waals surface area contributed by atoms with E-state index < -0.39 is 18.5 Å². The summed E-state index contributed by atoms with van der Waals surface area (Å²) in [6.45, 7) is 3.42. The van der Waals surface area contributed by atoms with E-state index in [2.05, 4.69) is 10.6 Å². The number of benzene rings is 2. The predicted molar refractivity (Wildman–Crippen MR) is 112 cm³/mol. The van der Waals surface area contributed by atoms with Gasteiger partial charge in [-0.05, 0) is 62.4 Å². The topological polar surface area (TPSA) is 111 Å². The predicted octanol–water partition coefficient (Wildman–Crippen LogP) is 3.19. The number of anilines is 2. The van der Waals surface area contributed by atoms with Crippen LogP contribution in [0.1, 0.15) is 37.0 Å². The summed E-state index contributed by atoms with van der Waals surface area (Å²) < 4.78 is 10.2. The van der Waals surface area contributed by atoms with Gasteiger partial charge in [0.25, 0.3) is 5.91 Å². The lowest BCUT2D eigenvalue weighted by Gasteiger charge is -2.08. The van der Waals surface area contributed by atoms with Crippen LogP contribution in [0.3, 0.4) is 0 Å². The average molecular weight is 412 g/mol. The Morgan fingerprint density at radius 2 is 1.37 bits per heavy atom. The Morgan fingerprint density at radius 1 is 0.800 bits per heavy atom. The number of carbonyl (C=O) groups excluding carboxylic acids is 4. The number of ketones is 1. The van der Waals surface area contributed by atoms with E-state index in [0.717, 1.165) is 0 Å². The summed E-state index contributed by atoms with van der Waals surface area (Å²) in [5.74, 6) is -0.886. The van der Waals surface area contributed by atoms with E-state index in [1.54, 1.807) is 48.5 Å². The van der Waals surface area contributed by atoms with Gasteiger partial charge >= 0.3 is 5.97 Å². The van der Waals surface area contributed by atoms with Crippen LogP contribution in [-0.4, -0.2) is 36.8 Å². The minimum atomic E-state index is -0.654. The van der Waals surface area contributed by atoms with Crippen LogP contribution in [0.2, 0.25) is 0 Å². The third kappa shape index (κ3) is 7.75. The van der Waals surface area contributed by atoms with E-state index in [0.29, 0.717) is 29.3 Å². The van der Waals surface area contributed by atoms with Crippen molar-refractivity contribution in [1.29, 1.82) is 0 Å². The lowest BCUT2D eigenvalue weighted by molar-refractivity contribution is -0.147. The minimum absolute atomic E-state index is 0.0693. The van der Waals surface area contributed by atoms with E-state index in [9.17, 15) is 19.2 Å². The standard InChI is InChI=1S/C22H24N2O6/c1-3-29-19-10-8-18(9-11-19)23-20(26)12-13-22(28)30-14-21(27)24-17-6-4-16(5-7-17)15(2)25/h4-11H,3,12-14H2,1-2H3,(H,23,26)(H,24,27). The maximum absolute atomic E-state index is 11.9. The first-order chi connectivity index (χ1) is 14.4. The van der Waals surface area contributed by atoms with E-state index >= 15 is 0 Å². The summed E-state index contributed by atoms with van der Waals surface area (Å²) in [5, 5.41) is 5.23. The summed E-state index contributed by atoms with van der Waals surface area (Å²) in [5.41, 5.74) is 1.60. The first kappa shape index (κ1) is 22.6. The van der Waals surface area contributed by atoms with Gasteiger partial charge in [0, 0.05) is 23.4 Å². The lowest BCUT2D eigenvalue weighted by Crippen LogP contribution is -2.21. The Balaban J connectivity index is 1.67. The monoisotopic (exact) mass is 412 g/mol. The van der Waals surface area contributed by atoms with Gasteiger partial charge in [-0.15, -0.1) is 0 Å². The highest BCUT2D eigenvalue weighted by Gasteiger charge is 2.11. The molecule has 0 bridgehead atoms. The van der Waals surface area contributed by atoms with E-state index in [4.69, 9.17) is 9.47 Å². The third-order valence-electron chi connectivity index (χ3n) is 3.94. The number of ether oxygens (including phenoxy) is 2. The largest absolute Gasteiger partial charge is 0.494 e. The van der Waals surface area contributed by atoms with Crippen molar-refractivity contribution in [2.75, 3.05) is 23.8 Å². The van der Waals surface area contributed by atoms with Crippen LogP contribution in [0.15, 0.2) is 48.5 Å². The fraction of sp³-hybridized carbons (Fsp3) is 0.273. The van der Waals surface area contributed by atoms with Crippen molar-refractivity contribution in [2.45, 2.75) is 26.7 Å². The molecule has 0 unspecified atom stereocenters. The second-order valence-corrected chi connectivity index (χ2v) is 6.35. The molecule has 2 N–H and O–H groups in total. The van der Waals surface area contributed by atoms with Crippen LogP contribution in [0.4, 0.5) is 11.4 Å². The van der Waals surface area contributed by atoms with Gasteiger partial charge < -0.3 is 20.1 Å². The molecular weight excluding hydrogens is 388 g/mol. The summed E-state index contributed by atoms with van der Waals surface area (Å²) in [6.07, 6.45) is -0.219. The first-order valence-corrected chi connectivity index (χ1v) is 9.46. The molecule has 2 aromatic carbocycles. The molecule has 0 aromatic heterocycles. The molecule has 0 aliphatic rings. The van der Waals surface area contributed by atoms with Crippen molar-refractivity contribution >= 4 is 34.9 Å². The van der Waals surface area contributed by atoms with Crippen molar-refractivity contribution in [3.63, 3.8) is 0 Å². The zero-order valence-electron chi connectivity index (χ0n) is 16.9. The molecule has 0 saturated heterocycles. The van der Waals surface area contributed by atoms with Gasteiger partial charge in [0.2, 0.25) is 5.91 Å². The van der Waals surface area contributed by atoms with Crippen LogP contribution >= 0.6 is 0 Å². The summed E-state index contributed by atoms with van der Waals surface area (Å²) >= 11 is 0. The number of hydrogen-bond donors (Lipinski definition) is 2. The minimum Gasteiger partial charge on any atom is -0.494 e. The molecule has 0 fully saturated rings. The number of Topliss-reactive ketones (excluding diaryl/α,β-unsaturated/α-hetero) is 1. The van der Waals surface area contributed by atoms with E-state index in [-0.39, 0.29) is 24.5 Å². The van der Waals surface area contributed by atoms with Gasteiger partial charge in [-0.1, -0.05) is 0 Å². The van der Waals surface area contributed by atoms with Crippen LogP contribution in [-0.2, 0) is 19.1 Å². The quantitative estimate of drug-likeness (QED) is 0.458. The molecule has 0 radical (unpaired) electrons. The number of amides is 2. The molecule has 0 heterocycles. The molecular formula is C22H24N2O6. The average Bonchev–Trinajstić information content (AvgIpc) is 2.73. The Kier molecular flexibility index (Phi) is 8.56. The van der Waals surface area contributed by atoms with Gasteiger partial charge in [-0.3, -0.25) is 19.2 Å². The summed E-state index contributed by atoms with van der Waals surface area (Å²) in [7, 11) is 0. The fourth-order valence-electron chi connectivity index (χ4n) is 2.44. The summed E-state index contributed by atoms with van der Waals surface area (Å²) in [6, 6.07) is 13.2. The number of carbonyl (C=O) groups is 4. The van der Waals surface area contributed by atoms with Crippen LogP contribution in [0, 0.1) is 0 Å². The molecule has 2 aromatic rings. The Labute approximate surface area is 174 Å². The third-order valence-corrected chi connectivity index (χ3v) is 3.94. The van der Waals surface area contributed by atoms with Gasteiger partial charge in [0.1, 0.15) is 5.75 Å². The zero-order chi connectivity index (χ0) is 21.9. The van der Waals surface area contributed by atoms with Crippen molar-refractivity contribution < 1.29 is 28.7 Å². The molecule has 0 atom stereocenters. The molecule has 0 aliphatic heterocycles. The second kappa shape index (κ2) is 11.4. The summed E-state index contributed by atoms with van der Waals surface area (Å²) in [4.78, 5) is 46.8. The Bertz CT molecular complexity index is 891. The highest BCUT2D eigenvalue weighted by Crippen LogP contribution is 2.16. The highest BCUT2D eigenvalue weighted by atomic mass is 16.5. The van der Waals surface area contributed by atoms with Crippen molar-refractivity contribution in [3.8, 4) is 5.75 Å². The molecule has 2 rings (SSSR count). The fourth-order valence-corrected chi connectivity index (χ4v) is 2.44. The molecule has 0 saturated carbocycles. The lowest BCUT2D eigenvalue weighted by atomic mass is 10.1. The van der Waals surface area contributed by atoms with Crippen molar-refractivity contribution in [2.24, 2.45) is 0 Å². The van der Waals surface area contributed by atoms with Gasteiger partial charge in [0.15, 0.2) is 12.4 Å². The first-order valence-electron chi connectivity index (χ1n) is 9.46. The van der Waals surface area contributed by atoms with Crippen LogP contribution < -0.4 is 15.4 Å². The van der Waals surface area contributed by atoms with Crippen molar-refractivity contribution in [3.05, 3.63) is 54.1 Å². The van der Waals surface area contributed by atoms with Gasteiger partial charge in [-0.2, -0.15) is 0 Å². The molecule has 0 spiro atoms. The Morgan fingerprint density at radius 3 is 1.93 bits per heavy atom. The van der Waals surface area contributed by atoms with E-state index in [1.165, 1.54) is 6.92 Å². The maximum Gasteiger partial charge on any atom is 0.306 e.